The highest BCUT2D eigenvalue weighted by Crippen LogP contribution is 2.45. The van der Waals surface area contributed by atoms with Crippen LogP contribution in [0.1, 0.15) is 50.7 Å². The largest absolute Gasteiger partial charge is 0.497 e. The average molecular weight is 232 g/mol. The van der Waals surface area contributed by atoms with Crippen molar-refractivity contribution in [2.24, 2.45) is 5.92 Å². The van der Waals surface area contributed by atoms with Crippen LogP contribution in [0.3, 0.4) is 0 Å². The lowest BCUT2D eigenvalue weighted by molar-refractivity contribution is 0.220. The van der Waals surface area contributed by atoms with Gasteiger partial charge < -0.3 is 4.74 Å². The molecule has 1 aliphatic rings. The molecule has 1 heteroatoms. The standard InChI is InChI=1S/C16H24O/c1-12-8-9-14(17-4)11-15(12)16(3)10-6-5-7-13(16)2/h8-9,11,13H,5-7,10H2,1-4H3/t13?,16-/m1/s1. The second kappa shape index (κ2) is 4.72. The van der Waals surface area contributed by atoms with Crippen LogP contribution >= 0.6 is 0 Å². The van der Waals surface area contributed by atoms with Crippen molar-refractivity contribution in [1.82, 2.24) is 0 Å². The van der Waals surface area contributed by atoms with Gasteiger partial charge in [0.25, 0.3) is 0 Å². The summed E-state index contributed by atoms with van der Waals surface area (Å²) in [6.45, 7) is 7.05. The van der Waals surface area contributed by atoms with E-state index in [1.165, 1.54) is 36.8 Å². The Bertz CT molecular complexity index is 397. The summed E-state index contributed by atoms with van der Waals surface area (Å²) in [5.41, 5.74) is 3.22. The van der Waals surface area contributed by atoms with Gasteiger partial charge in [0.2, 0.25) is 0 Å². The Morgan fingerprint density at radius 3 is 2.71 bits per heavy atom. The Morgan fingerprint density at radius 1 is 1.29 bits per heavy atom. The molecule has 2 atom stereocenters. The van der Waals surface area contributed by atoms with Gasteiger partial charge in [-0.3, -0.25) is 0 Å². The summed E-state index contributed by atoms with van der Waals surface area (Å²) in [5, 5.41) is 0. The highest BCUT2D eigenvalue weighted by molar-refractivity contribution is 5.40. The molecule has 1 unspecified atom stereocenters. The van der Waals surface area contributed by atoms with E-state index in [9.17, 15) is 0 Å². The number of methoxy groups -OCH3 is 1. The number of rotatable bonds is 2. The maximum atomic E-state index is 5.38. The molecule has 0 N–H and O–H groups in total. The van der Waals surface area contributed by atoms with Crippen molar-refractivity contribution in [3.8, 4) is 5.75 Å². The second-order valence-electron chi connectivity index (χ2n) is 5.75. The Labute approximate surface area is 105 Å². The van der Waals surface area contributed by atoms with Crippen molar-refractivity contribution < 1.29 is 4.74 Å². The maximum Gasteiger partial charge on any atom is 0.119 e. The van der Waals surface area contributed by atoms with E-state index in [2.05, 4.69) is 39.0 Å². The summed E-state index contributed by atoms with van der Waals surface area (Å²) >= 11 is 0. The fraction of sp³-hybridized carbons (Fsp3) is 0.625. The Hall–Kier alpha value is -0.980. The zero-order valence-corrected chi connectivity index (χ0v) is 11.5. The molecule has 94 valence electrons. The molecule has 0 bridgehead atoms. The molecule has 0 heterocycles. The fourth-order valence-corrected chi connectivity index (χ4v) is 3.25. The maximum absolute atomic E-state index is 5.38. The van der Waals surface area contributed by atoms with Crippen molar-refractivity contribution in [1.29, 1.82) is 0 Å². The summed E-state index contributed by atoms with van der Waals surface area (Å²) < 4.78 is 5.38. The van der Waals surface area contributed by atoms with E-state index >= 15 is 0 Å². The number of hydrogen-bond donors (Lipinski definition) is 0. The Morgan fingerprint density at radius 2 is 2.06 bits per heavy atom. The lowest BCUT2D eigenvalue weighted by Gasteiger charge is -2.41. The third-order valence-corrected chi connectivity index (χ3v) is 4.73. The lowest BCUT2D eigenvalue weighted by Crippen LogP contribution is -2.34. The first kappa shape index (κ1) is 12.5. The van der Waals surface area contributed by atoms with Crippen LogP contribution < -0.4 is 4.74 Å². The number of hydrogen-bond acceptors (Lipinski definition) is 1. The minimum absolute atomic E-state index is 0.330. The molecule has 0 spiro atoms. The van der Waals surface area contributed by atoms with Gasteiger partial charge in [0.1, 0.15) is 5.75 Å². The van der Waals surface area contributed by atoms with Crippen molar-refractivity contribution >= 4 is 0 Å². The van der Waals surface area contributed by atoms with E-state index in [1.54, 1.807) is 7.11 Å². The molecule has 0 radical (unpaired) electrons. The molecule has 1 aromatic carbocycles. The number of aryl methyl sites for hydroxylation is 1. The summed E-state index contributed by atoms with van der Waals surface area (Å²) in [7, 11) is 1.75. The first-order valence-corrected chi connectivity index (χ1v) is 6.73. The fourth-order valence-electron chi connectivity index (χ4n) is 3.25. The van der Waals surface area contributed by atoms with Gasteiger partial charge in [-0.05, 0) is 54.4 Å². The Balaban J connectivity index is 2.43. The van der Waals surface area contributed by atoms with Gasteiger partial charge in [0, 0.05) is 0 Å². The zero-order chi connectivity index (χ0) is 12.5. The Kier molecular flexibility index (Phi) is 3.46. The van der Waals surface area contributed by atoms with Gasteiger partial charge in [-0.1, -0.05) is 32.8 Å². The predicted octanol–water partition coefficient (Wildman–Crippen LogP) is 4.47. The van der Waals surface area contributed by atoms with Gasteiger partial charge in [0.15, 0.2) is 0 Å². The minimum Gasteiger partial charge on any atom is -0.497 e. The molecule has 1 nitrogen and oxygen atoms in total. The molecule has 0 aromatic heterocycles. The van der Waals surface area contributed by atoms with Crippen molar-refractivity contribution in [3.05, 3.63) is 29.3 Å². The summed E-state index contributed by atoms with van der Waals surface area (Å²) in [5.74, 6) is 1.76. The first-order valence-electron chi connectivity index (χ1n) is 6.73. The van der Waals surface area contributed by atoms with E-state index in [0.29, 0.717) is 5.41 Å². The second-order valence-corrected chi connectivity index (χ2v) is 5.75. The molecule has 1 fully saturated rings. The molecule has 0 saturated heterocycles. The van der Waals surface area contributed by atoms with E-state index in [0.717, 1.165) is 11.7 Å². The molecule has 1 aromatic rings. The molecule has 0 aliphatic heterocycles. The summed E-state index contributed by atoms with van der Waals surface area (Å²) in [6.07, 6.45) is 5.41. The summed E-state index contributed by atoms with van der Waals surface area (Å²) in [6, 6.07) is 6.51. The molecule has 0 amide bonds. The summed E-state index contributed by atoms with van der Waals surface area (Å²) in [4.78, 5) is 0. The molecule has 17 heavy (non-hydrogen) atoms. The van der Waals surface area contributed by atoms with Crippen LogP contribution in [0.2, 0.25) is 0 Å². The molecular weight excluding hydrogens is 208 g/mol. The van der Waals surface area contributed by atoms with Gasteiger partial charge in [-0.25, -0.2) is 0 Å². The van der Waals surface area contributed by atoms with Crippen LogP contribution in [-0.4, -0.2) is 7.11 Å². The van der Waals surface area contributed by atoms with E-state index in [-0.39, 0.29) is 0 Å². The van der Waals surface area contributed by atoms with E-state index in [4.69, 9.17) is 4.74 Å². The molecule has 1 saturated carbocycles. The SMILES string of the molecule is COc1ccc(C)c([C@]2(C)CCCCC2C)c1. The van der Waals surface area contributed by atoms with Gasteiger partial charge >= 0.3 is 0 Å². The normalized spacial score (nSPS) is 29.1. The molecular formula is C16H24O. The van der Waals surface area contributed by atoms with Crippen LogP contribution in [0, 0.1) is 12.8 Å². The molecule has 2 rings (SSSR count). The van der Waals surface area contributed by atoms with Crippen molar-refractivity contribution in [2.45, 2.75) is 51.9 Å². The predicted molar refractivity (Wildman–Crippen MR) is 72.7 cm³/mol. The van der Waals surface area contributed by atoms with Crippen molar-refractivity contribution in [3.63, 3.8) is 0 Å². The average Bonchev–Trinajstić information content (AvgIpc) is 2.33. The number of benzene rings is 1. The monoisotopic (exact) mass is 232 g/mol. The van der Waals surface area contributed by atoms with E-state index < -0.39 is 0 Å². The van der Waals surface area contributed by atoms with Crippen LogP contribution in [-0.2, 0) is 5.41 Å². The molecule has 1 aliphatic carbocycles. The van der Waals surface area contributed by atoms with Gasteiger partial charge in [-0.2, -0.15) is 0 Å². The third-order valence-electron chi connectivity index (χ3n) is 4.73. The number of ether oxygens (including phenoxy) is 1. The topological polar surface area (TPSA) is 9.23 Å². The zero-order valence-electron chi connectivity index (χ0n) is 11.5. The van der Waals surface area contributed by atoms with Crippen LogP contribution in [0.15, 0.2) is 18.2 Å². The highest BCUT2D eigenvalue weighted by Gasteiger charge is 2.36. The lowest BCUT2D eigenvalue weighted by atomic mass is 9.63. The third kappa shape index (κ3) is 2.20. The van der Waals surface area contributed by atoms with E-state index in [1.807, 2.05) is 0 Å². The van der Waals surface area contributed by atoms with Crippen LogP contribution in [0.4, 0.5) is 0 Å². The smallest absolute Gasteiger partial charge is 0.119 e. The first-order chi connectivity index (χ1) is 8.08. The quantitative estimate of drug-likeness (QED) is 0.731. The van der Waals surface area contributed by atoms with Gasteiger partial charge in [0.05, 0.1) is 7.11 Å². The minimum atomic E-state index is 0.330. The highest BCUT2D eigenvalue weighted by atomic mass is 16.5. The van der Waals surface area contributed by atoms with Gasteiger partial charge in [-0.15, -0.1) is 0 Å². The van der Waals surface area contributed by atoms with Crippen molar-refractivity contribution in [2.75, 3.05) is 7.11 Å². The van der Waals surface area contributed by atoms with Crippen LogP contribution in [0.5, 0.6) is 5.75 Å². The van der Waals surface area contributed by atoms with Crippen LogP contribution in [0.25, 0.3) is 0 Å².